The quantitative estimate of drug-likeness (QED) is 0.530. The maximum atomic E-state index is 13.2. The molecule has 98 valence electrons. The van der Waals surface area contributed by atoms with Gasteiger partial charge in [0.25, 0.3) is 0 Å². The number of aliphatic carboxylic acids is 1. The minimum absolute atomic E-state index is 0.0200. The number of amides is 1. The van der Waals surface area contributed by atoms with Gasteiger partial charge in [0.2, 0.25) is 5.91 Å². The van der Waals surface area contributed by atoms with Crippen LogP contribution in [-0.4, -0.2) is 23.0 Å². The number of anilines is 1. The van der Waals surface area contributed by atoms with Crippen LogP contribution in [0.1, 0.15) is 12.8 Å². The van der Waals surface area contributed by atoms with E-state index in [1.807, 2.05) is 0 Å². The van der Waals surface area contributed by atoms with Gasteiger partial charge in [-0.2, -0.15) is 0 Å². The molecule has 1 atom stereocenters. The number of hydrogen-bond acceptors (Lipinski definition) is 4. The summed E-state index contributed by atoms with van der Waals surface area (Å²) in [5, 5.41) is 8.89. The Hall–Kier alpha value is -2.15. The van der Waals surface area contributed by atoms with E-state index < -0.39 is 23.7 Å². The van der Waals surface area contributed by atoms with Gasteiger partial charge in [-0.05, 0) is 18.6 Å². The minimum atomic E-state index is -1.15. The Morgan fingerprint density at radius 2 is 2.06 bits per heavy atom. The van der Waals surface area contributed by atoms with Crippen molar-refractivity contribution in [3.8, 4) is 0 Å². The Morgan fingerprint density at radius 3 is 2.61 bits per heavy atom. The zero-order valence-corrected chi connectivity index (χ0v) is 9.52. The zero-order valence-electron chi connectivity index (χ0n) is 9.52. The first-order valence-corrected chi connectivity index (χ1v) is 5.28. The molecule has 0 saturated heterocycles. The van der Waals surface area contributed by atoms with Crippen molar-refractivity contribution in [2.24, 2.45) is 5.73 Å². The molecule has 6 nitrogen and oxygen atoms in total. The molecule has 0 heterocycles. The van der Waals surface area contributed by atoms with E-state index in [2.05, 4.69) is 10.9 Å². The van der Waals surface area contributed by atoms with E-state index in [9.17, 15) is 14.0 Å². The lowest BCUT2D eigenvalue weighted by Crippen LogP contribution is -2.41. The Kier molecular flexibility index (Phi) is 5.06. The van der Waals surface area contributed by atoms with Crippen molar-refractivity contribution in [2.45, 2.75) is 18.9 Å². The van der Waals surface area contributed by atoms with Gasteiger partial charge in [0.1, 0.15) is 11.9 Å². The van der Waals surface area contributed by atoms with Crippen molar-refractivity contribution in [3.05, 3.63) is 30.1 Å². The standard InChI is InChI=1S/C11H14FN3O3/c12-7-3-1-2-4-8(7)14-15-9(11(17)18)5-6-10(13)16/h1-4,9,14-15H,5-6H2,(H2,13,16)(H,17,18)/t9-/m0/s1. The maximum Gasteiger partial charge on any atom is 0.322 e. The van der Waals surface area contributed by atoms with Crippen molar-refractivity contribution in [3.63, 3.8) is 0 Å². The molecule has 0 bridgehead atoms. The van der Waals surface area contributed by atoms with Gasteiger partial charge in [-0.15, -0.1) is 0 Å². The predicted octanol–water partition coefficient (Wildman–Crippen LogP) is 0.461. The van der Waals surface area contributed by atoms with Crippen molar-refractivity contribution < 1.29 is 19.1 Å². The average Bonchev–Trinajstić information content (AvgIpc) is 2.30. The molecule has 0 radical (unpaired) electrons. The van der Waals surface area contributed by atoms with Crippen LogP contribution in [0, 0.1) is 5.82 Å². The molecule has 0 aromatic heterocycles. The van der Waals surface area contributed by atoms with Gasteiger partial charge in [-0.1, -0.05) is 12.1 Å². The fraction of sp³-hybridized carbons (Fsp3) is 0.273. The van der Waals surface area contributed by atoms with Crippen LogP contribution in [0.4, 0.5) is 10.1 Å². The van der Waals surface area contributed by atoms with Gasteiger partial charge >= 0.3 is 5.97 Å². The van der Waals surface area contributed by atoms with Gasteiger partial charge in [0.05, 0.1) is 5.69 Å². The van der Waals surface area contributed by atoms with E-state index in [0.29, 0.717) is 0 Å². The number of para-hydroxylation sites is 1. The van der Waals surface area contributed by atoms with Gasteiger partial charge < -0.3 is 16.3 Å². The normalized spacial score (nSPS) is 11.8. The number of carboxylic acid groups (broad SMARTS) is 1. The lowest BCUT2D eigenvalue weighted by atomic mass is 10.1. The highest BCUT2D eigenvalue weighted by Crippen LogP contribution is 2.11. The Morgan fingerprint density at radius 1 is 1.39 bits per heavy atom. The fourth-order valence-electron chi connectivity index (χ4n) is 1.27. The first kappa shape index (κ1) is 13.9. The molecular weight excluding hydrogens is 241 g/mol. The predicted molar refractivity (Wildman–Crippen MR) is 63.0 cm³/mol. The summed E-state index contributed by atoms with van der Waals surface area (Å²) in [6, 6.07) is 4.78. The molecule has 0 aliphatic heterocycles. The largest absolute Gasteiger partial charge is 0.480 e. The summed E-state index contributed by atoms with van der Waals surface area (Å²) in [6.07, 6.45) is -0.0466. The van der Waals surface area contributed by atoms with Gasteiger partial charge in [-0.25, -0.2) is 9.82 Å². The molecular formula is C11H14FN3O3. The first-order chi connectivity index (χ1) is 8.50. The molecule has 0 aliphatic carbocycles. The second kappa shape index (κ2) is 6.55. The van der Waals surface area contributed by atoms with E-state index in [1.54, 1.807) is 6.07 Å². The van der Waals surface area contributed by atoms with Crippen LogP contribution < -0.4 is 16.6 Å². The summed E-state index contributed by atoms with van der Waals surface area (Å²) >= 11 is 0. The lowest BCUT2D eigenvalue weighted by Gasteiger charge is -2.15. The number of rotatable bonds is 7. The summed E-state index contributed by atoms with van der Waals surface area (Å²) in [5.74, 6) is -2.25. The average molecular weight is 255 g/mol. The number of primary amides is 1. The number of nitrogens with one attached hydrogen (secondary N) is 2. The summed E-state index contributed by atoms with van der Waals surface area (Å²) in [4.78, 5) is 21.4. The van der Waals surface area contributed by atoms with Gasteiger partial charge in [-0.3, -0.25) is 9.59 Å². The molecule has 5 N–H and O–H groups in total. The summed E-state index contributed by atoms with van der Waals surface area (Å²) in [6.45, 7) is 0. The topological polar surface area (TPSA) is 104 Å². The number of hydrazine groups is 1. The number of carboxylic acids is 1. The van der Waals surface area contributed by atoms with Crippen molar-refractivity contribution in [1.82, 2.24) is 5.43 Å². The number of carbonyl (C=O) groups excluding carboxylic acids is 1. The highest BCUT2D eigenvalue weighted by atomic mass is 19.1. The van der Waals surface area contributed by atoms with E-state index in [0.717, 1.165) is 0 Å². The van der Waals surface area contributed by atoms with Crippen LogP contribution in [0.25, 0.3) is 0 Å². The lowest BCUT2D eigenvalue weighted by molar-refractivity contribution is -0.139. The second-order valence-corrected chi connectivity index (χ2v) is 3.64. The maximum absolute atomic E-state index is 13.2. The third kappa shape index (κ3) is 4.38. The number of carbonyl (C=O) groups is 2. The molecule has 1 amide bonds. The summed E-state index contributed by atoms with van der Waals surface area (Å²) in [5.41, 5.74) is 9.95. The van der Waals surface area contributed by atoms with Gasteiger partial charge in [0, 0.05) is 6.42 Å². The molecule has 0 unspecified atom stereocenters. The molecule has 7 heteroatoms. The highest BCUT2D eigenvalue weighted by Gasteiger charge is 2.17. The number of nitrogens with two attached hydrogens (primary N) is 1. The molecule has 0 fully saturated rings. The van der Waals surface area contributed by atoms with Gasteiger partial charge in [0.15, 0.2) is 0 Å². The number of benzene rings is 1. The third-order valence-corrected chi connectivity index (χ3v) is 2.23. The SMILES string of the molecule is NC(=O)CC[C@H](NNc1ccccc1F)C(=O)O. The number of hydrogen-bond donors (Lipinski definition) is 4. The fourth-order valence-corrected chi connectivity index (χ4v) is 1.27. The zero-order chi connectivity index (χ0) is 13.5. The second-order valence-electron chi connectivity index (χ2n) is 3.64. The van der Waals surface area contributed by atoms with Crippen LogP contribution in [0.2, 0.25) is 0 Å². The smallest absolute Gasteiger partial charge is 0.322 e. The van der Waals surface area contributed by atoms with Crippen molar-refractivity contribution in [1.29, 1.82) is 0 Å². The molecule has 0 spiro atoms. The minimum Gasteiger partial charge on any atom is -0.480 e. The molecule has 1 aromatic rings. The molecule has 0 aliphatic rings. The van der Waals surface area contributed by atoms with E-state index in [-0.39, 0.29) is 18.5 Å². The van der Waals surface area contributed by atoms with Crippen LogP contribution in [0.5, 0.6) is 0 Å². The number of halogens is 1. The molecule has 1 aromatic carbocycles. The summed E-state index contributed by atoms with van der Waals surface area (Å²) in [7, 11) is 0. The van der Waals surface area contributed by atoms with E-state index >= 15 is 0 Å². The third-order valence-electron chi connectivity index (χ3n) is 2.23. The van der Waals surface area contributed by atoms with E-state index in [4.69, 9.17) is 10.8 Å². The van der Waals surface area contributed by atoms with E-state index in [1.165, 1.54) is 18.2 Å². The van der Waals surface area contributed by atoms with Crippen LogP contribution in [-0.2, 0) is 9.59 Å². The van der Waals surface area contributed by atoms with Crippen LogP contribution in [0.15, 0.2) is 24.3 Å². The molecule has 0 saturated carbocycles. The monoisotopic (exact) mass is 255 g/mol. The molecule has 18 heavy (non-hydrogen) atoms. The van der Waals surface area contributed by atoms with Crippen LogP contribution >= 0.6 is 0 Å². The molecule has 1 rings (SSSR count). The van der Waals surface area contributed by atoms with Crippen LogP contribution in [0.3, 0.4) is 0 Å². The Labute approximate surface area is 103 Å². The first-order valence-electron chi connectivity index (χ1n) is 5.28. The summed E-state index contributed by atoms with van der Waals surface area (Å²) < 4.78 is 13.2. The highest BCUT2D eigenvalue weighted by molar-refractivity contribution is 5.77. The van der Waals surface area contributed by atoms with Crippen molar-refractivity contribution >= 4 is 17.6 Å². The van der Waals surface area contributed by atoms with Crippen molar-refractivity contribution in [2.75, 3.05) is 5.43 Å². The Bertz CT molecular complexity index is 439. The Balaban J connectivity index is 2.55.